The van der Waals surface area contributed by atoms with Crippen LogP contribution in [0.3, 0.4) is 0 Å². The molecule has 1 saturated heterocycles. The minimum Gasteiger partial charge on any atom is -0.475 e. The van der Waals surface area contributed by atoms with Gasteiger partial charge in [-0.2, -0.15) is 13.2 Å². The Balaban J connectivity index is 0.000000493. The topological polar surface area (TPSA) is 96.6 Å². The molecule has 1 aliphatic rings. The van der Waals surface area contributed by atoms with E-state index >= 15 is 0 Å². The molecule has 216 valence electrons. The maximum Gasteiger partial charge on any atom is 0.490 e. The fourth-order valence-electron chi connectivity index (χ4n) is 4.70. The van der Waals surface area contributed by atoms with E-state index in [0.29, 0.717) is 27.7 Å². The van der Waals surface area contributed by atoms with Crippen LogP contribution in [0.1, 0.15) is 18.4 Å². The summed E-state index contributed by atoms with van der Waals surface area (Å²) in [6.07, 6.45) is -3.00. The van der Waals surface area contributed by atoms with E-state index < -0.39 is 17.8 Å². The SMILES string of the molecule is Cn1c(=O)n(-c2cccc(Cl)c2)c(=O)c2ccc(NC3CCN(Cc4ccccc4)CC3)cc21.O=C(O)C(F)(F)F. The Morgan fingerprint density at radius 1 is 1.00 bits per heavy atom. The molecule has 0 bridgehead atoms. The summed E-state index contributed by atoms with van der Waals surface area (Å²) in [4.78, 5) is 37.6. The van der Waals surface area contributed by atoms with Gasteiger partial charge in [0.1, 0.15) is 0 Å². The molecule has 12 heteroatoms. The first-order valence-corrected chi connectivity index (χ1v) is 13.2. The first-order chi connectivity index (χ1) is 19.4. The number of halogens is 4. The van der Waals surface area contributed by atoms with Crippen LogP contribution in [0.5, 0.6) is 0 Å². The van der Waals surface area contributed by atoms with E-state index in [1.165, 1.54) is 14.7 Å². The van der Waals surface area contributed by atoms with Crippen LogP contribution in [0, 0.1) is 0 Å². The van der Waals surface area contributed by atoms with Gasteiger partial charge in [-0.05, 0) is 54.8 Å². The van der Waals surface area contributed by atoms with Crippen LogP contribution < -0.4 is 16.6 Å². The van der Waals surface area contributed by atoms with Crippen molar-refractivity contribution >= 4 is 34.2 Å². The third kappa shape index (κ3) is 7.36. The lowest BCUT2D eigenvalue weighted by atomic mass is 10.0. The highest BCUT2D eigenvalue weighted by atomic mass is 35.5. The molecule has 1 aromatic heterocycles. The van der Waals surface area contributed by atoms with Gasteiger partial charge < -0.3 is 10.4 Å². The molecule has 5 rings (SSSR count). The summed E-state index contributed by atoms with van der Waals surface area (Å²) < 4.78 is 34.4. The molecule has 4 aromatic rings. The molecule has 0 spiro atoms. The average molecular weight is 589 g/mol. The van der Waals surface area contributed by atoms with Crippen LogP contribution >= 0.6 is 11.6 Å². The number of aromatic nitrogens is 2. The van der Waals surface area contributed by atoms with Crippen molar-refractivity contribution in [2.24, 2.45) is 7.05 Å². The summed E-state index contributed by atoms with van der Waals surface area (Å²) >= 11 is 6.08. The second-order valence-electron chi connectivity index (χ2n) is 9.68. The molecule has 3 aromatic carbocycles. The van der Waals surface area contributed by atoms with Crippen molar-refractivity contribution in [3.05, 3.63) is 104 Å². The number of nitrogens with one attached hydrogen (secondary N) is 1. The van der Waals surface area contributed by atoms with Gasteiger partial charge in [0, 0.05) is 43.4 Å². The van der Waals surface area contributed by atoms with Crippen molar-refractivity contribution in [3.63, 3.8) is 0 Å². The van der Waals surface area contributed by atoms with E-state index in [0.717, 1.165) is 38.2 Å². The molecule has 0 radical (unpaired) electrons. The minimum absolute atomic E-state index is 0.346. The summed E-state index contributed by atoms with van der Waals surface area (Å²) in [5.74, 6) is -2.76. The number of alkyl halides is 3. The number of benzene rings is 3. The summed E-state index contributed by atoms with van der Waals surface area (Å²) in [5.41, 5.74) is 2.59. The van der Waals surface area contributed by atoms with Crippen molar-refractivity contribution in [1.82, 2.24) is 14.0 Å². The lowest BCUT2D eigenvalue weighted by molar-refractivity contribution is -0.192. The number of nitrogens with zero attached hydrogens (tertiary/aromatic N) is 3. The lowest BCUT2D eigenvalue weighted by Crippen LogP contribution is -2.39. The van der Waals surface area contributed by atoms with Crippen LogP contribution in [0.15, 0.2) is 82.4 Å². The largest absolute Gasteiger partial charge is 0.490 e. The van der Waals surface area contributed by atoms with Gasteiger partial charge >= 0.3 is 17.8 Å². The monoisotopic (exact) mass is 588 g/mol. The van der Waals surface area contributed by atoms with Gasteiger partial charge in [0.05, 0.1) is 16.6 Å². The van der Waals surface area contributed by atoms with Crippen molar-refractivity contribution < 1.29 is 23.1 Å². The number of hydrogen-bond acceptors (Lipinski definition) is 5. The van der Waals surface area contributed by atoms with Crippen LogP contribution in [0.2, 0.25) is 5.02 Å². The second-order valence-corrected chi connectivity index (χ2v) is 10.1. The molecule has 1 aliphatic heterocycles. The molecule has 8 nitrogen and oxygen atoms in total. The zero-order valence-electron chi connectivity index (χ0n) is 22.1. The van der Waals surface area contributed by atoms with Crippen LogP contribution in [0.4, 0.5) is 18.9 Å². The van der Waals surface area contributed by atoms with E-state index in [1.807, 2.05) is 18.2 Å². The van der Waals surface area contributed by atoms with Crippen molar-refractivity contribution in [2.75, 3.05) is 18.4 Å². The second kappa shape index (κ2) is 12.6. The highest BCUT2D eigenvalue weighted by Crippen LogP contribution is 2.21. The number of aliphatic carboxylic acids is 1. The molecular weight excluding hydrogens is 561 g/mol. The quantitative estimate of drug-likeness (QED) is 0.339. The fraction of sp³-hybridized carbons (Fsp3) is 0.276. The smallest absolute Gasteiger partial charge is 0.475 e. The standard InChI is InChI=1S/C27H27ClN4O2.C2HF3O2/c1-30-25-17-22(29-21-12-14-31(15-13-21)18-19-6-3-2-4-7-19)10-11-24(25)26(33)32(27(30)34)23-9-5-8-20(28)16-23;3-2(4,5)1(6)7/h2-11,16-17,21,29H,12-15,18H2,1H3;(H,6,7). The predicted molar refractivity (Wildman–Crippen MR) is 152 cm³/mol. The van der Waals surface area contributed by atoms with E-state index in [2.05, 4.69) is 34.5 Å². The zero-order chi connectivity index (χ0) is 29.7. The fourth-order valence-corrected chi connectivity index (χ4v) is 4.88. The molecular formula is C29H28ClF3N4O4. The van der Waals surface area contributed by atoms with Gasteiger partial charge in [0.25, 0.3) is 5.56 Å². The summed E-state index contributed by atoms with van der Waals surface area (Å²) in [6, 6.07) is 23.3. The molecule has 0 amide bonds. The van der Waals surface area contributed by atoms with Crippen LogP contribution in [0.25, 0.3) is 16.6 Å². The number of carboxylic acids is 1. The maximum absolute atomic E-state index is 13.2. The minimum atomic E-state index is -5.08. The Morgan fingerprint density at radius 3 is 2.27 bits per heavy atom. The number of carbonyl (C=O) groups is 1. The molecule has 0 unspecified atom stereocenters. The van der Waals surface area contributed by atoms with E-state index in [4.69, 9.17) is 21.5 Å². The summed E-state index contributed by atoms with van der Waals surface area (Å²) in [6.45, 7) is 3.04. The molecule has 41 heavy (non-hydrogen) atoms. The van der Waals surface area contributed by atoms with Gasteiger partial charge in [0.15, 0.2) is 0 Å². The average Bonchev–Trinajstić information content (AvgIpc) is 2.93. The Hall–Kier alpha value is -4.09. The van der Waals surface area contributed by atoms with Gasteiger partial charge in [-0.25, -0.2) is 14.2 Å². The number of hydrogen-bond donors (Lipinski definition) is 2. The summed E-state index contributed by atoms with van der Waals surface area (Å²) in [7, 11) is 1.69. The molecule has 2 heterocycles. The number of carboxylic acid groups (broad SMARTS) is 1. The Morgan fingerprint density at radius 2 is 1.66 bits per heavy atom. The van der Waals surface area contributed by atoms with Crippen molar-refractivity contribution in [3.8, 4) is 5.69 Å². The molecule has 1 fully saturated rings. The van der Waals surface area contributed by atoms with E-state index in [9.17, 15) is 22.8 Å². The molecule has 0 atom stereocenters. The van der Waals surface area contributed by atoms with Gasteiger partial charge in [-0.3, -0.25) is 14.3 Å². The van der Waals surface area contributed by atoms with Crippen LogP contribution in [-0.2, 0) is 18.4 Å². The van der Waals surface area contributed by atoms with E-state index in [1.54, 1.807) is 37.4 Å². The lowest BCUT2D eigenvalue weighted by Gasteiger charge is -2.33. The van der Waals surface area contributed by atoms with E-state index in [-0.39, 0.29) is 5.56 Å². The predicted octanol–water partition coefficient (Wildman–Crippen LogP) is 5.05. The van der Waals surface area contributed by atoms with Gasteiger partial charge in [-0.15, -0.1) is 0 Å². The van der Waals surface area contributed by atoms with Crippen LogP contribution in [-0.4, -0.2) is 50.4 Å². The third-order valence-electron chi connectivity index (χ3n) is 6.79. The highest BCUT2D eigenvalue weighted by Gasteiger charge is 2.38. The third-order valence-corrected chi connectivity index (χ3v) is 7.02. The Bertz CT molecular complexity index is 1650. The molecule has 0 aliphatic carbocycles. The number of fused-ring (bicyclic) bond motifs is 1. The molecule has 0 saturated carbocycles. The normalized spacial score (nSPS) is 14.4. The number of piperidine rings is 1. The molecule has 2 N–H and O–H groups in total. The highest BCUT2D eigenvalue weighted by molar-refractivity contribution is 6.30. The van der Waals surface area contributed by atoms with Crippen molar-refractivity contribution in [2.45, 2.75) is 31.6 Å². The number of rotatable bonds is 5. The zero-order valence-corrected chi connectivity index (χ0v) is 22.8. The van der Waals surface area contributed by atoms with Gasteiger partial charge in [0.2, 0.25) is 0 Å². The van der Waals surface area contributed by atoms with Gasteiger partial charge in [-0.1, -0.05) is 48.0 Å². The number of likely N-dealkylation sites (tertiary alicyclic amines) is 1. The summed E-state index contributed by atoms with van der Waals surface area (Å²) in [5, 5.41) is 11.7. The number of aryl methyl sites for hydroxylation is 1. The first kappa shape index (κ1) is 29.9. The Labute approximate surface area is 238 Å². The van der Waals surface area contributed by atoms with Crippen molar-refractivity contribution in [1.29, 1.82) is 0 Å². The maximum atomic E-state index is 13.2. The number of anilines is 1. The first-order valence-electron chi connectivity index (χ1n) is 12.8. The Kier molecular flexibility index (Phi) is 9.19.